The highest BCUT2D eigenvalue weighted by Gasteiger charge is 2.07. The SMILES string of the molecule is CCOC(=O)CC(=N)SCc1ccccc1. The van der Waals surface area contributed by atoms with Crippen LogP contribution in [0.5, 0.6) is 0 Å². The molecule has 4 heteroatoms. The van der Waals surface area contributed by atoms with E-state index in [1.54, 1.807) is 6.92 Å². The smallest absolute Gasteiger partial charge is 0.312 e. The molecule has 0 amide bonds. The van der Waals surface area contributed by atoms with Crippen molar-refractivity contribution in [1.29, 1.82) is 5.41 Å². The Kier molecular flexibility index (Phi) is 5.64. The molecule has 0 aliphatic rings. The van der Waals surface area contributed by atoms with Gasteiger partial charge in [-0.25, -0.2) is 0 Å². The van der Waals surface area contributed by atoms with Gasteiger partial charge in [-0.2, -0.15) is 0 Å². The fraction of sp³-hybridized carbons (Fsp3) is 0.333. The summed E-state index contributed by atoms with van der Waals surface area (Å²) < 4.78 is 4.77. The summed E-state index contributed by atoms with van der Waals surface area (Å²) in [7, 11) is 0. The van der Waals surface area contributed by atoms with Crippen molar-refractivity contribution < 1.29 is 9.53 Å². The first kappa shape index (κ1) is 12.8. The Morgan fingerprint density at radius 2 is 2.06 bits per heavy atom. The van der Waals surface area contributed by atoms with Crippen molar-refractivity contribution in [3.8, 4) is 0 Å². The molecular formula is C12H15NO2S. The van der Waals surface area contributed by atoms with Crippen LogP contribution in [0.15, 0.2) is 30.3 Å². The number of esters is 1. The maximum absolute atomic E-state index is 11.1. The molecule has 0 fully saturated rings. The zero-order chi connectivity index (χ0) is 11.8. The second-order valence-corrected chi connectivity index (χ2v) is 4.25. The molecule has 1 rings (SSSR count). The Hall–Kier alpha value is -1.29. The van der Waals surface area contributed by atoms with Crippen LogP contribution in [0.1, 0.15) is 18.9 Å². The number of thioether (sulfide) groups is 1. The number of hydrogen-bond donors (Lipinski definition) is 1. The van der Waals surface area contributed by atoms with Gasteiger partial charge in [-0.3, -0.25) is 10.2 Å². The third-order valence-electron chi connectivity index (χ3n) is 1.87. The molecule has 0 spiro atoms. The molecule has 0 atom stereocenters. The Labute approximate surface area is 99.7 Å². The minimum absolute atomic E-state index is 0.0747. The van der Waals surface area contributed by atoms with Gasteiger partial charge in [0.1, 0.15) is 0 Å². The summed E-state index contributed by atoms with van der Waals surface area (Å²) in [6.07, 6.45) is 0.0747. The Bertz CT molecular complexity index is 351. The van der Waals surface area contributed by atoms with Crippen LogP contribution in [0.3, 0.4) is 0 Å². The van der Waals surface area contributed by atoms with Gasteiger partial charge in [-0.15, -0.1) is 11.8 Å². The van der Waals surface area contributed by atoms with Gasteiger partial charge >= 0.3 is 5.97 Å². The molecule has 0 aliphatic heterocycles. The van der Waals surface area contributed by atoms with Gasteiger partial charge in [0.15, 0.2) is 0 Å². The molecule has 3 nitrogen and oxygen atoms in total. The van der Waals surface area contributed by atoms with E-state index < -0.39 is 0 Å². The zero-order valence-electron chi connectivity index (χ0n) is 9.23. The molecule has 0 heterocycles. The van der Waals surface area contributed by atoms with Gasteiger partial charge in [0.25, 0.3) is 0 Å². The van der Waals surface area contributed by atoms with Gasteiger partial charge in [0.05, 0.1) is 18.1 Å². The van der Waals surface area contributed by atoms with Crippen molar-refractivity contribution in [3.63, 3.8) is 0 Å². The fourth-order valence-electron chi connectivity index (χ4n) is 1.14. The molecule has 16 heavy (non-hydrogen) atoms. The number of carbonyl (C=O) groups is 1. The summed E-state index contributed by atoms with van der Waals surface area (Å²) in [6.45, 7) is 2.13. The Morgan fingerprint density at radius 1 is 1.38 bits per heavy atom. The highest BCUT2D eigenvalue weighted by atomic mass is 32.2. The number of ether oxygens (including phenoxy) is 1. The summed E-state index contributed by atoms with van der Waals surface area (Å²) >= 11 is 1.37. The first-order valence-electron chi connectivity index (χ1n) is 5.12. The van der Waals surface area contributed by atoms with E-state index in [9.17, 15) is 4.79 Å². The predicted octanol–water partition coefficient (Wildman–Crippen LogP) is 2.85. The molecule has 1 aromatic carbocycles. The summed E-state index contributed by atoms with van der Waals surface area (Å²) in [5, 5.41) is 7.96. The van der Waals surface area contributed by atoms with E-state index in [0.717, 1.165) is 11.3 Å². The average molecular weight is 237 g/mol. The standard InChI is InChI=1S/C12H15NO2S/c1-2-15-12(14)8-11(13)16-9-10-6-4-3-5-7-10/h3-7,13H,2,8-9H2,1H3. The topological polar surface area (TPSA) is 50.2 Å². The Morgan fingerprint density at radius 3 is 2.69 bits per heavy atom. The summed E-state index contributed by atoms with van der Waals surface area (Å²) in [5.41, 5.74) is 1.15. The molecule has 0 saturated carbocycles. The van der Waals surface area contributed by atoms with E-state index in [4.69, 9.17) is 10.1 Å². The minimum atomic E-state index is -0.326. The second-order valence-electron chi connectivity index (χ2n) is 3.18. The quantitative estimate of drug-likeness (QED) is 0.486. The maximum atomic E-state index is 11.1. The van der Waals surface area contributed by atoms with E-state index in [0.29, 0.717) is 11.7 Å². The van der Waals surface area contributed by atoms with Crippen LogP contribution in [0.4, 0.5) is 0 Å². The van der Waals surface area contributed by atoms with Crippen molar-refractivity contribution >= 4 is 22.8 Å². The molecule has 0 saturated heterocycles. The summed E-state index contributed by atoms with van der Waals surface area (Å²) in [6, 6.07) is 9.89. The second kappa shape index (κ2) is 7.06. The largest absolute Gasteiger partial charge is 0.466 e. The normalized spacial score (nSPS) is 9.81. The maximum Gasteiger partial charge on any atom is 0.312 e. The van der Waals surface area contributed by atoms with Crippen LogP contribution < -0.4 is 0 Å². The van der Waals surface area contributed by atoms with Gasteiger partial charge in [-0.05, 0) is 12.5 Å². The lowest BCUT2D eigenvalue weighted by Crippen LogP contribution is -2.08. The number of benzene rings is 1. The van der Waals surface area contributed by atoms with Crippen LogP contribution >= 0.6 is 11.8 Å². The van der Waals surface area contributed by atoms with Gasteiger partial charge in [0.2, 0.25) is 0 Å². The van der Waals surface area contributed by atoms with Crippen LogP contribution in [-0.2, 0) is 15.3 Å². The molecular weight excluding hydrogens is 222 g/mol. The lowest BCUT2D eigenvalue weighted by Gasteiger charge is -2.03. The summed E-state index contributed by atoms with van der Waals surface area (Å²) in [5.74, 6) is 0.395. The van der Waals surface area contributed by atoms with Crippen LogP contribution in [0.25, 0.3) is 0 Å². The Balaban J connectivity index is 2.28. The van der Waals surface area contributed by atoms with Crippen molar-refractivity contribution in [3.05, 3.63) is 35.9 Å². The highest BCUT2D eigenvalue weighted by Crippen LogP contribution is 2.14. The van der Waals surface area contributed by atoms with E-state index in [1.165, 1.54) is 11.8 Å². The van der Waals surface area contributed by atoms with Crippen molar-refractivity contribution in [2.24, 2.45) is 0 Å². The molecule has 1 N–H and O–H groups in total. The van der Waals surface area contributed by atoms with Crippen LogP contribution in [0.2, 0.25) is 0 Å². The number of nitrogens with one attached hydrogen (secondary N) is 1. The zero-order valence-corrected chi connectivity index (χ0v) is 10.0. The van der Waals surface area contributed by atoms with Crippen LogP contribution in [0, 0.1) is 5.41 Å². The van der Waals surface area contributed by atoms with E-state index in [1.807, 2.05) is 30.3 Å². The highest BCUT2D eigenvalue weighted by molar-refractivity contribution is 8.13. The van der Waals surface area contributed by atoms with Gasteiger partial charge < -0.3 is 4.74 Å². The first-order chi connectivity index (χ1) is 7.72. The van der Waals surface area contributed by atoms with Crippen molar-refractivity contribution in [2.75, 3.05) is 6.61 Å². The molecule has 0 bridgehead atoms. The number of rotatable bonds is 5. The van der Waals surface area contributed by atoms with E-state index in [2.05, 4.69) is 0 Å². The molecule has 1 aromatic rings. The fourth-order valence-corrected chi connectivity index (χ4v) is 1.89. The van der Waals surface area contributed by atoms with E-state index in [-0.39, 0.29) is 12.4 Å². The number of carbonyl (C=O) groups excluding carboxylic acids is 1. The summed E-state index contributed by atoms with van der Waals surface area (Å²) in [4.78, 5) is 11.1. The van der Waals surface area contributed by atoms with Gasteiger partial charge in [-0.1, -0.05) is 30.3 Å². The van der Waals surface area contributed by atoms with Gasteiger partial charge in [0, 0.05) is 5.75 Å². The van der Waals surface area contributed by atoms with E-state index >= 15 is 0 Å². The molecule has 0 unspecified atom stereocenters. The lowest BCUT2D eigenvalue weighted by atomic mass is 10.2. The lowest BCUT2D eigenvalue weighted by molar-refractivity contribution is -0.141. The predicted molar refractivity (Wildman–Crippen MR) is 66.7 cm³/mol. The first-order valence-corrected chi connectivity index (χ1v) is 6.10. The third-order valence-corrected chi connectivity index (χ3v) is 2.84. The van der Waals surface area contributed by atoms with Crippen molar-refractivity contribution in [2.45, 2.75) is 19.1 Å². The average Bonchev–Trinajstić information content (AvgIpc) is 2.28. The van der Waals surface area contributed by atoms with Crippen molar-refractivity contribution in [1.82, 2.24) is 0 Å². The molecule has 86 valence electrons. The van der Waals surface area contributed by atoms with Crippen LogP contribution in [-0.4, -0.2) is 17.6 Å². The molecule has 0 radical (unpaired) electrons. The monoisotopic (exact) mass is 237 g/mol. The third kappa shape index (κ3) is 4.98. The molecule has 0 aromatic heterocycles. The number of hydrogen-bond acceptors (Lipinski definition) is 4. The molecule has 0 aliphatic carbocycles. The minimum Gasteiger partial charge on any atom is -0.466 e.